The van der Waals surface area contributed by atoms with Crippen LogP contribution in [0.4, 0.5) is 5.69 Å². The van der Waals surface area contributed by atoms with Gasteiger partial charge in [0, 0.05) is 0 Å². The molecule has 0 aliphatic rings. The highest BCUT2D eigenvalue weighted by Gasteiger charge is 2.30. The first-order chi connectivity index (χ1) is 9.16. The van der Waals surface area contributed by atoms with Crippen molar-refractivity contribution in [1.29, 1.82) is 0 Å². The summed E-state index contributed by atoms with van der Waals surface area (Å²) in [5, 5.41) is 0. The highest BCUT2D eigenvalue weighted by molar-refractivity contribution is 7.92. The van der Waals surface area contributed by atoms with Crippen molar-refractivity contribution in [2.75, 3.05) is 17.2 Å². The van der Waals surface area contributed by atoms with E-state index < -0.39 is 22.0 Å². The lowest BCUT2D eigenvalue weighted by atomic mass is 10.1. The molecule has 0 amide bonds. The van der Waals surface area contributed by atoms with Gasteiger partial charge >= 0.3 is 5.97 Å². The first-order valence-corrected chi connectivity index (χ1v) is 8.26. The maximum absolute atomic E-state index is 12.0. The van der Waals surface area contributed by atoms with E-state index in [0.717, 1.165) is 21.7 Å². The summed E-state index contributed by atoms with van der Waals surface area (Å²) in [5.74, 6) is -0.558. The number of sulfonamides is 1. The smallest absolute Gasteiger partial charge is 0.329 e. The zero-order chi connectivity index (χ0) is 15.5. The van der Waals surface area contributed by atoms with E-state index in [-0.39, 0.29) is 6.61 Å². The van der Waals surface area contributed by atoms with Crippen LogP contribution >= 0.6 is 0 Å². The Kier molecular flexibility index (Phi) is 5.16. The third-order valence-corrected chi connectivity index (χ3v) is 4.04. The lowest BCUT2D eigenvalue weighted by Crippen LogP contribution is -2.43. The SMILES string of the molecule is CCOC(=O)[C@H](C)N(c1cc(C)cc(C)c1)S(C)(=O)=O. The predicted octanol–water partition coefficient (Wildman–Crippen LogP) is 2.02. The molecular weight excluding hydrogens is 278 g/mol. The Labute approximate surface area is 120 Å². The van der Waals surface area contributed by atoms with Crippen molar-refractivity contribution in [3.8, 4) is 0 Å². The molecule has 20 heavy (non-hydrogen) atoms. The molecule has 1 aromatic rings. The summed E-state index contributed by atoms with van der Waals surface area (Å²) < 4.78 is 30.1. The van der Waals surface area contributed by atoms with Crippen LogP contribution in [0.25, 0.3) is 0 Å². The second-order valence-corrected chi connectivity index (χ2v) is 6.69. The van der Waals surface area contributed by atoms with Crippen LogP contribution in [0.5, 0.6) is 0 Å². The van der Waals surface area contributed by atoms with Gasteiger partial charge in [-0.15, -0.1) is 0 Å². The Hall–Kier alpha value is -1.56. The van der Waals surface area contributed by atoms with Gasteiger partial charge in [0.1, 0.15) is 6.04 Å². The zero-order valence-corrected chi connectivity index (χ0v) is 13.3. The molecule has 6 heteroatoms. The Morgan fingerprint density at radius 1 is 1.25 bits per heavy atom. The number of aryl methyl sites for hydroxylation is 2. The molecule has 0 unspecified atom stereocenters. The average molecular weight is 299 g/mol. The second kappa shape index (κ2) is 6.26. The van der Waals surface area contributed by atoms with E-state index in [9.17, 15) is 13.2 Å². The topological polar surface area (TPSA) is 63.7 Å². The van der Waals surface area contributed by atoms with Crippen molar-refractivity contribution in [3.05, 3.63) is 29.3 Å². The molecule has 0 aliphatic heterocycles. The molecule has 1 rings (SSSR count). The molecule has 0 spiro atoms. The molecule has 0 radical (unpaired) electrons. The fourth-order valence-corrected chi connectivity index (χ4v) is 3.29. The Morgan fingerprint density at radius 3 is 2.15 bits per heavy atom. The predicted molar refractivity (Wildman–Crippen MR) is 79.3 cm³/mol. The Morgan fingerprint density at radius 2 is 1.75 bits per heavy atom. The molecule has 0 saturated heterocycles. The number of carbonyl (C=O) groups is 1. The number of carbonyl (C=O) groups excluding carboxylic acids is 1. The number of hydrogen-bond donors (Lipinski definition) is 0. The summed E-state index contributed by atoms with van der Waals surface area (Å²) in [7, 11) is -3.58. The average Bonchev–Trinajstić information content (AvgIpc) is 2.25. The number of nitrogens with zero attached hydrogens (tertiary/aromatic N) is 1. The summed E-state index contributed by atoms with van der Waals surface area (Å²) in [5.41, 5.74) is 2.35. The minimum absolute atomic E-state index is 0.216. The van der Waals surface area contributed by atoms with Crippen LogP contribution in [-0.2, 0) is 19.6 Å². The van der Waals surface area contributed by atoms with Crippen LogP contribution in [0.15, 0.2) is 18.2 Å². The van der Waals surface area contributed by atoms with E-state index in [1.54, 1.807) is 19.1 Å². The molecular formula is C14H21NO4S. The lowest BCUT2D eigenvalue weighted by Gasteiger charge is -2.28. The van der Waals surface area contributed by atoms with Crippen molar-refractivity contribution in [2.45, 2.75) is 33.7 Å². The van der Waals surface area contributed by atoms with Gasteiger partial charge in [0.05, 0.1) is 18.6 Å². The minimum Gasteiger partial charge on any atom is -0.464 e. The Bertz CT molecular complexity index is 575. The summed E-state index contributed by atoms with van der Waals surface area (Å²) in [4.78, 5) is 11.8. The van der Waals surface area contributed by atoms with Gasteiger partial charge in [-0.1, -0.05) is 6.07 Å². The van der Waals surface area contributed by atoms with E-state index in [1.807, 2.05) is 19.9 Å². The molecule has 0 bridgehead atoms. The fourth-order valence-electron chi connectivity index (χ4n) is 2.14. The fraction of sp³-hybridized carbons (Fsp3) is 0.500. The quantitative estimate of drug-likeness (QED) is 0.780. The summed E-state index contributed by atoms with van der Waals surface area (Å²) in [6.07, 6.45) is 1.08. The van der Waals surface area contributed by atoms with Crippen LogP contribution < -0.4 is 4.31 Å². The van der Waals surface area contributed by atoms with E-state index in [0.29, 0.717) is 5.69 Å². The molecule has 0 aliphatic carbocycles. The van der Waals surface area contributed by atoms with Crippen LogP contribution in [0.2, 0.25) is 0 Å². The van der Waals surface area contributed by atoms with E-state index in [4.69, 9.17) is 4.74 Å². The van der Waals surface area contributed by atoms with Crippen LogP contribution in [0.3, 0.4) is 0 Å². The van der Waals surface area contributed by atoms with E-state index >= 15 is 0 Å². The van der Waals surface area contributed by atoms with Gasteiger partial charge in [-0.25, -0.2) is 13.2 Å². The van der Waals surface area contributed by atoms with Crippen LogP contribution in [0, 0.1) is 13.8 Å². The molecule has 0 saturated carbocycles. The maximum Gasteiger partial charge on any atom is 0.329 e. The molecule has 0 N–H and O–H groups in total. The molecule has 0 heterocycles. The largest absolute Gasteiger partial charge is 0.464 e. The number of ether oxygens (including phenoxy) is 1. The standard InChI is InChI=1S/C14H21NO4S/c1-6-19-14(16)12(4)15(20(5,17)18)13-8-10(2)7-11(3)9-13/h7-9,12H,6H2,1-5H3/t12-/m0/s1. The van der Waals surface area contributed by atoms with Gasteiger partial charge < -0.3 is 4.74 Å². The normalized spacial score (nSPS) is 12.8. The molecule has 0 fully saturated rings. The number of anilines is 1. The van der Waals surface area contributed by atoms with Gasteiger partial charge in [0.15, 0.2) is 0 Å². The summed E-state index contributed by atoms with van der Waals surface area (Å²) in [6.45, 7) is 7.19. The monoisotopic (exact) mass is 299 g/mol. The highest BCUT2D eigenvalue weighted by Crippen LogP contribution is 2.24. The number of rotatable bonds is 5. The molecule has 0 aromatic heterocycles. The lowest BCUT2D eigenvalue weighted by molar-refractivity contribution is -0.144. The van der Waals surface area contributed by atoms with Crippen LogP contribution in [0.1, 0.15) is 25.0 Å². The summed E-state index contributed by atoms with van der Waals surface area (Å²) in [6, 6.07) is 4.53. The van der Waals surface area contributed by atoms with Gasteiger partial charge in [-0.3, -0.25) is 4.31 Å². The zero-order valence-electron chi connectivity index (χ0n) is 12.5. The van der Waals surface area contributed by atoms with Crippen molar-refractivity contribution in [2.24, 2.45) is 0 Å². The van der Waals surface area contributed by atoms with Crippen molar-refractivity contribution in [3.63, 3.8) is 0 Å². The highest BCUT2D eigenvalue weighted by atomic mass is 32.2. The van der Waals surface area contributed by atoms with Gasteiger partial charge in [0.25, 0.3) is 0 Å². The van der Waals surface area contributed by atoms with Gasteiger partial charge in [0.2, 0.25) is 10.0 Å². The van der Waals surface area contributed by atoms with Crippen LogP contribution in [-0.4, -0.2) is 33.3 Å². The Balaban J connectivity index is 3.30. The number of benzene rings is 1. The third kappa shape index (κ3) is 3.96. The van der Waals surface area contributed by atoms with Crippen molar-refractivity contribution < 1.29 is 17.9 Å². The minimum atomic E-state index is -3.58. The first kappa shape index (κ1) is 16.5. The van der Waals surface area contributed by atoms with E-state index in [2.05, 4.69) is 0 Å². The van der Waals surface area contributed by atoms with Gasteiger partial charge in [-0.2, -0.15) is 0 Å². The molecule has 5 nitrogen and oxygen atoms in total. The van der Waals surface area contributed by atoms with E-state index in [1.165, 1.54) is 6.92 Å². The number of hydrogen-bond acceptors (Lipinski definition) is 4. The third-order valence-electron chi connectivity index (χ3n) is 2.80. The van der Waals surface area contributed by atoms with Crippen molar-refractivity contribution >= 4 is 21.7 Å². The first-order valence-electron chi connectivity index (χ1n) is 6.41. The molecule has 1 aromatic carbocycles. The molecule has 1 atom stereocenters. The maximum atomic E-state index is 12.0. The number of esters is 1. The summed E-state index contributed by atoms with van der Waals surface area (Å²) >= 11 is 0. The van der Waals surface area contributed by atoms with Crippen molar-refractivity contribution in [1.82, 2.24) is 0 Å². The van der Waals surface area contributed by atoms with Gasteiger partial charge in [-0.05, 0) is 51.0 Å². The second-order valence-electron chi connectivity index (χ2n) is 4.83. The molecule has 112 valence electrons.